The minimum Gasteiger partial charge on any atom is -0.495 e. The first kappa shape index (κ1) is 11.1. The molecule has 0 fully saturated rings. The van der Waals surface area contributed by atoms with Crippen LogP contribution in [-0.2, 0) is 0 Å². The zero-order valence-electron chi connectivity index (χ0n) is 9.43. The van der Waals surface area contributed by atoms with Crippen LogP contribution < -0.4 is 15.0 Å². The first-order valence-electron chi connectivity index (χ1n) is 4.88. The smallest absolute Gasteiger partial charge is 0.293 e. The number of hydrogen-bond acceptors (Lipinski definition) is 5. The molecule has 1 N–H and O–H groups in total. The standard InChI is InChI=1S/C11H11N3O3/c1-16-7-3-4-8(12-5-7)9-10(17-2)11(15)14-6-13-9/h3-6H,1-2H3,(H,13,14,15). The van der Waals surface area contributed by atoms with Crippen molar-refractivity contribution < 1.29 is 9.47 Å². The number of ether oxygens (including phenoxy) is 2. The molecule has 0 aromatic carbocycles. The van der Waals surface area contributed by atoms with E-state index in [0.717, 1.165) is 0 Å². The predicted octanol–water partition coefficient (Wildman–Crippen LogP) is 0.849. The van der Waals surface area contributed by atoms with Gasteiger partial charge in [0.1, 0.15) is 11.4 Å². The van der Waals surface area contributed by atoms with Gasteiger partial charge in [-0.1, -0.05) is 0 Å². The largest absolute Gasteiger partial charge is 0.495 e. The molecule has 0 saturated carbocycles. The molecule has 0 aliphatic carbocycles. The van der Waals surface area contributed by atoms with Crippen molar-refractivity contribution in [3.8, 4) is 22.9 Å². The van der Waals surface area contributed by atoms with Gasteiger partial charge in [0.25, 0.3) is 5.56 Å². The van der Waals surface area contributed by atoms with E-state index in [2.05, 4.69) is 15.0 Å². The first-order valence-corrected chi connectivity index (χ1v) is 4.88. The van der Waals surface area contributed by atoms with Crippen molar-refractivity contribution in [1.82, 2.24) is 15.0 Å². The van der Waals surface area contributed by atoms with Crippen LogP contribution in [0.15, 0.2) is 29.5 Å². The summed E-state index contributed by atoms with van der Waals surface area (Å²) in [5, 5.41) is 0. The number of nitrogens with one attached hydrogen (secondary N) is 1. The second-order valence-electron chi connectivity index (χ2n) is 3.20. The summed E-state index contributed by atoms with van der Waals surface area (Å²) in [5.74, 6) is 0.780. The predicted molar refractivity (Wildman–Crippen MR) is 61.2 cm³/mol. The molecular formula is C11H11N3O3. The fourth-order valence-corrected chi connectivity index (χ4v) is 1.40. The minimum absolute atomic E-state index is 0.144. The molecular weight excluding hydrogens is 222 g/mol. The van der Waals surface area contributed by atoms with E-state index < -0.39 is 0 Å². The molecule has 88 valence electrons. The number of rotatable bonds is 3. The van der Waals surface area contributed by atoms with Crippen LogP contribution in [0.4, 0.5) is 0 Å². The normalized spacial score (nSPS) is 10.0. The average Bonchev–Trinajstić information content (AvgIpc) is 2.38. The zero-order valence-corrected chi connectivity index (χ0v) is 9.43. The van der Waals surface area contributed by atoms with Gasteiger partial charge in [0, 0.05) is 0 Å². The van der Waals surface area contributed by atoms with Gasteiger partial charge in [-0.15, -0.1) is 0 Å². The molecule has 0 spiro atoms. The summed E-state index contributed by atoms with van der Waals surface area (Å²) in [6.07, 6.45) is 2.86. The van der Waals surface area contributed by atoms with E-state index in [1.807, 2.05) is 0 Å². The summed E-state index contributed by atoms with van der Waals surface area (Å²) >= 11 is 0. The lowest BCUT2D eigenvalue weighted by molar-refractivity contribution is 0.407. The van der Waals surface area contributed by atoms with Crippen LogP contribution in [0.2, 0.25) is 0 Å². The lowest BCUT2D eigenvalue weighted by Crippen LogP contribution is -2.11. The second-order valence-corrected chi connectivity index (χ2v) is 3.20. The van der Waals surface area contributed by atoms with E-state index in [1.165, 1.54) is 13.4 Å². The summed E-state index contributed by atoms with van der Waals surface area (Å²) in [6, 6.07) is 3.45. The summed E-state index contributed by atoms with van der Waals surface area (Å²) < 4.78 is 10.0. The maximum absolute atomic E-state index is 11.5. The Morgan fingerprint density at radius 1 is 1.18 bits per heavy atom. The third-order valence-electron chi connectivity index (χ3n) is 2.23. The Bertz CT molecular complexity index is 563. The van der Waals surface area contributed by atoms with Gasteiger partial charge in [-0.2, -0.15) is 0 Å². The average molecular weight is 233 g/mol. The fraction of sp³-hybridized carbons (Fsp3) is 0.182. The van der Waals surface area contributed by atoms with E-state index in [9.17, 15) is 4.79 Å². The SMILES string of the molecule is COc1ccc(-c2nc[nH]c(=O)c2OC)nc1. The van der Waals surface area contributed by atoms with Gasteiger partial charge in [0.05, 0.1) is 32.4 Å². The van der Waals surface area contributed by atoms with E-state index >= 15 is 0 Å². The molecule has 0 saturated heterocycles. The molecule has 0 unspecified atom stereocenters. The van der Waals surface area contributed by atoms with Gasteiger partial charge in [-0.25, -0.2) is 4.98 Å². The maximum atomic E-state index is 11.5. The maximum Gasteiger partial charge on any atom is 0.293 e. The van der Waals surface area contributed by atoms with Crippen LogP contribution in [-0.4, -0.2) is 29.2 Å². The monoisotopic (exact) mass is 233 g/mol. The minimum atomic E-state index is -0.338. The van der Waals surface area contributed by atoms with Crippen LogP contribution in [0.25, 0.3) is 11.4 Å². The van der Waals surface area contributed by atoms with Crippen LogP contribution in [0.5, 0.6) is 11.5 Å². The second kappa shape index (κ2) is 4.65. The van der Waals surface area contributed by atoms with Crippen molar-refractivity contribution in [1.29, 1.82) is 0 Å². The molecule has 0 atom stereocenters. The van der Waals surface area contributed by atoms with Crippen molar-refractivity contribution in [2.24, 2.45) is 0 Å². The molecule has 2 heterocycles. The van der Waals surface area contributed by atoms with Crippen molar-refractivity contribution in [2.75, 3.05) is 14.2 Å². The van der Waals surface area contributed by atoms with Gasteiger partial charge >= 0.3 is 0 Å². The number of methoxy groups -OCH3 is 2. The topological polar surface area (TPSA) is 77.1 Å². The Morgan fingerprint density at radius 2 is 2.00 bits per heavy atom. The molecule has 0 amide bonds. The molecule has 0 bridgehead atoms. The van der Waals surface area contributed by atoms with Crippen LogP contribution in [0.1, 0.15) is 0 Å². The molecule has 0 aliphatic heterocycles. The van der Waals surface area contributed by atoms with Gasteiger partial charge in [-0.3, -0.25) is 9.78 Å². The highest BCUT2D eigenvalue weighted by atomic mass is 16.5. The van der Waals surface area contributed by atoms with E-state index in [-0.39, 0.29) is 11.3 Å². The third-order valence-corrected chi connectivity index (χ3v) is 2.23. The molecule has 0 aliphatic rings. The number of aromatic amines is 1. The first-order chi connectivity index (χ1) is 8.26. The summed E-state index contributed by atoms with van der Waals surface area (Å²) in [7, 11) is 2.97. The van der Waals surface area contributed by atoms with E-state index in [1.54, 1.807) is 25.4 Å². The van der Waals surface area contributed by atoms with E-state index in [4.69, 9.17) is 9.47 Å². The highest BCUT2D eigenvalue weighted by Crippen LogP contribution is 2.22. The van der Waals surface area contributed by atoms with Gasteiger partial charge < -0.3 is 14.5 Å². The fourth-order valence-electron chi connectivity index (χ4n) is 1.40. The van der Waals surface area contributed by atoms with Gasteiger partial charge in [0.15, 0.2) is 0 Å². The number of pyridine rings is 1. The van der Waals surface area contributed by atoms with Gasteiger partial charge in [-0.05, 0) is 12.1 Å². The molecule has 6 nitrogen and oxygen atoms in total. The number of hydrogen-bond donors (Lipinski definition) is 1. The molecule has 2 rings (SSSR count). The van der Waals surface area contributed by atoms with Gasteiger partial charge in [0.2, 0.25) is 5.75 Å². The highest BCUT2D eigenvalue weighted by molar-refractivity contribution is 5.61. The molecule has 0 radical (unpaired) electrons. The lowest BCUT2D eigenvalue weighted by Gasteiger charge is -2.05. The van der Waals surface area contributed by atoms with E-state index in [0.29, 0.717) is 17.1 Å². The Balaban J connectivity index is 2.52. The van der Waals surface area contributed by atoms with Crippen LogP contribution >= 0.6 is 0 Å². The molecule has 6 heteroatoms. The highest BCUT2D eigenvalue weighted by Gasteiger charge is 2.12. The number of aromatic nitrogens is 3. The third kappa shape index (κ3) is 2.10. The number of H-pyrrole nitrogens is 1. The Kier molecular flexibility index (Phi) is 3.04. The lowest BCUT2D eigenvalue weighted by atomic mass is 10.2. The summed E-state index contributed by atoms with van der Waals surface area (Å²) in [4.78, 5) is 22.1. The molecule has 2 aromatic rings. The van der Waals surface area contributed by atoms with Crippen molar-refractivity contribution in [2.45, 2.75) is 0 Å². The Hall–Kier alpha value is -2.37. The quantitative estimate of drug-likeness (QED) is 0.850. The van der Waals surface area contributed by atoms with Crippen molar-refractivity contribution in [3.05, 3.63) is 35.0 Å². The summed E-state index contributed by atoms with van der Waals surface area (Å²) in [5.41, 5.74) is 0.614. The molecule has 2 aromatic heterocycles. The molecule has 17 heavy (non-hydrogen) atoms. The zero-order chi connectivity index (χ0) is 12.3. The Morgan fingerprint density at radius 3 is 2.59 bits per heavy atom. The number of nitrogens with zero attached hydrogens (tertiary/aromatic N) is 2. The van der Waals surface area contributed by atoms with Crippen molar-refractivity contribution in [3.63, 3.8) is 0 Å². The summed E-state index contributed by atoms with van der Waals surface area (Å²) in [6.45, 7) is 0. The van der Waals surface area contributed by atoms with Crippen LogP contribution in [0.3, 0.4) is 0 Å². The van der Waals surface area contributed by atoms with Crippen molar-refractivity contribution >= 4 is 0 Å². The Labute approximate surface area is 97.3 Å². The van der Waals surface area contributed by atoms with Crippen LogP contribution in [0, 0.1) is 0 Å².